The smallest absolute Gasteiger partial charge is 0.244 e. The Morgan fingerprint density at radius 2 is 2.17 bits per heavy atom. The van der Waals surface area contributed by atoms with E-state index in [0.717, 1.165) is 18.6 Å². The van der Waals surface area contributed by atoms with Crippen LogP contribution in [0.1, 0.15) is 38.3 Å². The van der Waals surface area contributed by atoms with Crippen LogP contribution >= 0.6 is 11.8 Å². The molecule has 1 aromatic carbocycles. The van der Waals surface area contributed by atoms with E-state index < -0.39 is 23.7 Å². The van der Waals surface area contributed by atoms with Gasteiger partial charge in [0.2, 0.25) is 11.8 Å². The lowest BCUT2D eigenvalue weighted by atomic mass is 10.1. The minimum atomic E-state index is -0.942. The zero-order valence-electron chi connectivity index (χ0n) is 12.9. The van der Waals surface area contributed by atoms with Gasteiger partial charge in [0.1, 0.15) is 6.04 Å². The average molecular weight is 340 g/mol. The normalized spacial score (nSPS) is 27.9. The number of fused-ring (bicyclic) bond motifs is 1. The van der Waals surface area contributed by atoms with E-state index in [2.05, 4.69) is 5.32 Å². The van der Waals surface area contributed by atoms with E-state index in [-0.39, 0.29) is 16.7 Å². The maximum Gasteiger partial charge on any atom is 0.244 e. The summed E-state index contributed by atoms with van der Waals surface area (Å²) in [6.45, 7) is 3.69. The first-order chi connectivity index (χ1) is 10.8. The number of nitrogens with zero attached hydrogens (tertiary/aromatic N) is 1. The van der Waals surface area contributed by atoms with Crippen LogP contribution in [0, 0.1) is 11.6 Å². The summed E-state index contributed by atoms with van der Waals surface area (Å²) in [7, 11) is 0. The molecule has 124 valence electrons. The topological polar surface area (TPSA) is 49.4 Å². The van der Waals surface area contributed by atoms with Gasteiger partial charge in [0.15, 0.2) is 11.6 Å². The van der Waals surface area contributed by atoms with Crippen molar-refractivity contribution in [3.05, 3.63) is 35.4 Å². The van der Waals surface area contributed by atoms with Gasteiger partial charge in [-0.3, -0.25) is 9.59 Å². The second kappa shape index (κ2) is 5.78. The predicted molar refractivity (Wildman–Crippen MR) is 83.6 cm³/mol. The number of rotatable bonds is 3. The molecule has 7 heteroatoms. The Kier molecular flexibility index (Phi) is 4.08. The quantitative estimate of drug-likeness (QED) is 0.920. The van der Waals surface area contributed by atoms with Crippen LogP contribution in [0.5, 0.6) is 0 Å². The number of benzene rings is 1. The fourth-order valence-corrected chi connectivity index (χ4v) is 4.62. The molecule has 2 aliphatic rings. The van der Waals surface area contributed by atoms with Crippen molar-refractivity contribution in [2.75, 3.05) is 5.75 Å². The predicted octanol–water partition coefficient (Wildman–Crippen LogP) is 2.60. The number of thioether (sulfide) groups is 1. The van der Waals surface area contributed by atoms with Crippen LogP contribution < -0.4 is 5.32 Å². The molecule has 1 aromatic rings. The van der Waals surface area contributed by atoms with Gasteiger partial charge < -0.3 is 10.2 Å². The zero-order chi connectivity index (χ0) is 16.8. The highest BCUT2D eigenvalue weighted by molar-refractivity contribution is 8.01. The van der Waals surface area contributed by atoms with Gasteiger partial charge >= 0.3 is 0 Å². The van der Waals surface area contributed by atoms with Crippen molar-refractivity contribution in [1.29, 1.82) is 0 Å². The first-order valence-electron chi connectivity index (χ1n) is 7.53. The molecule has 3 unspecified atom stereocenters. The molecular formula is C16H18F2N2O2S. The fraction of sp³-hybridized carbons (Fsp3) is 0.500. The van der Waals surface area contributed by atoms with Crippen LogP contribution in [0.3, 0.4) is 0 Å². The number of hydrogen-bond donors (Lipinski definition) is 1. The van der Waals surface area contributed by atoms with Crippen molar-refractivity contribution in [3.8, 4) is 0 Å². The molecule has 3 atom stereocenters. The Morgan fingerprint density at radius 1 is 1.43 bits per heavy atom. The lowest BCUT2D eigenvalue weighted by Gasteiger charge is -2.30. The monoisotopic (exact) mass is 340 g/mol. The standard InChI is InChI=1S/C16H18F2N2O2S/c1-9(10-3-4-11(17)12(18)7-10)19-15(22)13-8-23-16(2)6-5-14(21)20(13)16/h3-4,7,9,13H,5-6,8H2,1-2H3,(H,19,22). The first-order valence-corrected chi connectivity index (χ1v) is 8.52. The van der Waals surface area contributed by atoms with Gasteiger partial charge in [-0.25, -0.2) is 8.78 Å². The maximum absolute atomic E-state index is 13.3. The van der Waals surface area contributed by atoms with Gasteiger partial charge in [-0.1, -0.05) is 6.07 Å². The molecule has 2 fully saturated rings. The Balaban J connectivity index is 1.71. The number of hydrogen-bond acceptors (Lipinski definition) is 3. The third-order valence-electron chi connectivity index (χ3n) is 4.55. The molecule has 2 heterocycles. The molecule has 0 radical (unpaired) electrons. The number of amides is 2. The van der Waals surface area contributed by atoms with Crippen LogP contribution in [-0.2, 0) is 9.59 Å². The average Bonchev–Trinajstić information content (AvgIpc) is 2.99. The summed E-state index contributed by atoms with van der Waals surface area (Å²) in [4.78, 5) is 26.0. The van der Waals surface area contributed by atoms with Gasteiger partial charge in [-0.15, -0.1) is 11.8 Å². The number of nitrogens with one attached hydrogen (secondary N) is 1. The van der Waals surface area contributed by atoms with Crippen LogP contribution in [0.15, 0.2) is 18.2 Å². The molecule has 0 aliphatic carbocycles. The molecule has 2 amide bonds. The second-order valence-corrected chi connectivity index (χ2v) is 7.67. The SMILES string of the molecule is CC(NC(=O)C1CSC2(C)CCC(=O)N12)c1ccc(F)c(F)c1. The molecule has 3 rings (SSSR count). The van der Waals surface area contributed by atoms with Gasteiger partial charge in [0.05, 0.1) is 10.9 Å². The van der Waals surface area contributed by atoms with Gasteiger partial charge in [-0.05, 0) is 38.0 Å². The van der Waals surface area contributed by atoms with E-state index in [1.807, 2.05) is 6.92 Å². The van der Waals surface area contributed by atoms with Crippen molar-refractivity contribution in [3.63, 3.8) is 0 Å². The summed E-state index contributed by atoms with van der Waals surface area (Å²) >= 11 is 1.62. The minimum Gasteiger partial charge on any atom is -0.348 e. The molecule has 0 saturated carbocycles. The van der Waals surface area contributed by atoms with E-state index >= 15 is 0 Å². The number of halogens is 2. The van der Waals surface area contributed by atoms with Crippen molar-refractivity contribution >= 4 is 23.6 Å². The molecule has 2 saturated heterocycles. The molecule has 0 bridgehead atoms. The highest BCUT2D eigenvalue weighted by Crippen LogP contribution is 2.47. The van der Waals surface area contributed by atoms with E-state index in [0.29, 0.717) is 17.7 Å². The van der Waals surface area contributed by atoms with E-state index in [1.54, 1.807) is 23.6 Å². The van der Waals surface area contributed by atoms with Crippen LogP contribution in [-0.4, -0.2) is 33.4 Å². The summed E-state index contributed by atoms with van der Waals surface area (Å²) < 4.78 is 26.3. The third kappa shape index (κ3) is 2.82. The van der Waals surface area contributed by atoms with E-state index in [4.69, 9.17) is 0 Å². The Bertz CT molecular complexity index is 669. The lowest BCUT2D eigenvalue weighted by Crippen LogP contribution is -2.50. The number of carbonyl (C=O) groups is 2. The van der Waals surface area contributed by atoms with Crippen LogP contribution in [0.2, 0.25) is 0 Å². The van der Waals surface area contributed by atoms with Crippen molar-refractivity contribution < 1.29 is 18.4 Å². The lowest BCUT2D eigenvalue weighted by molar-refractivity contribution is -0.138. The summed E-state index contributed by atoms with van der Waals surface area (Å²) in [6, 6.07) is 2.59. The summed E-state index contributed by atoms with van der Waals surface area (Å²) in [5.41, 5.74) is 0.485. The van der Waals surface area contributed by atoms with Crippen molar-refractivity contribution in [2.45, 2.75) is 43.6 Å². The molecule has 4 nitrogen and oxygen atoms in total. The molecular weight excluding hydrogens is 322 g/mol. The zero-order valence-corrected chi connectivity index (χ0v) is 13.8. The number of carbonyl (C=O) groups excluding carboxylic acids is 2. The van der Waals surface area contributed by atoms with Gasteiger partial charge in [-0.2, -0.15) is 0 Å². The largest absolute Gasteiger partial charge is 0.348 e. The van der Waals surface area contributed by atoms with Crippen LogP contribution in [0.4, 0.5) is 8.78 Å². The molecule has 2 aliphatic heterocycles. The van der Waals surface area contributed by atoms with Crippen molar-refractivity contribution in [2.24, 2.45) is 0 Å². The van der Waals surface area contributed by atoms with Crippen molar-refractivity contribution in [1.82, 2.24) is 10.2 Å². The summed E-state index contributed by atoms with van der Waals surface area (Å²) in [5.74, 6) is -1.56. The Labute approximate surface area is 137 Å². The second-order valence-electron chi connectivity index (χ2n) is 6.17. The highest BCUT2D eigenvalue weighted by atomic mass is 32.2. The maximum atomic E-state index is 13.3. The summed E-state index contributed by atoms with van der Waals surface area (Å²) in [5, 5.41) is 2.80. The molecule has 23 heavy (non-hydrogen) atoms. The molecule has 1 N–H and O–H groups in total. The summed E-state index contributed by atoms with van der Waals surface area (Å²) in [6.07, 6.45) is 1.21. The van der Waals surface area contributed by atoms with E-state index in [1.165, 1.54) is 6.07 Å². The van der Waals surface area contributed by atoms with Crippen LogP contribution in [0.25, 0.3) is 0 Å². The van der Waals surface area contributed by atoms with Gasteiger partial charge in [0, 0.05) is 12.2 Å². The van der Waals surface area contributed by atoms with Gasteiger partial charge in [0.25, 0.3) is 0 Å². The van der Waals surface area contributed by atoms with E-state index in [9.17, 15) is 18.4 Å². The highest BCUT2D eigenvalue weighted by Gasteiger charge is 2.52. The minimum absolute atomic E-state index is 0.00173. The fourth-order valence-electron chi connectivity index (χ4n) is 3.19. The Morgan fingerprint density at radius 3 is 2.87 bits per heavy atom. The Hall–Kier alpha value is -1.63. The molecule has 0 aromatic heterocycles. The third-order valence-corrected chi connectivity index (χ3v) is 6.06. The molecule has 0 spiro atoms. The first kappa shape index (κ1) is 16.2.